The van der Waals surface area contributed by atoms with Crippen molar-refractivity contribution in [1.82, 2.24) is 0 Å². The Kier molecular flexibility index (Phi) is 4.76. The predicted molar refractivity (Wildman–Crippen MR) is 57.6 cm³/mol. The largest absolute Gasteiger partial charge is 0.462 e. The lowest BCUT2D eigenvalue weighted by Crippen LogP contribution is -2.07. The van der Waals surface area contributed by atoms with E-state index in [4.69, 9.17) is 27.9 Å². The van der Waals surface area contributed by atoms with E-state index in [1.165, 1.54) is 0 Å². The van der Waals surface area contributed by atoms with E-state index in [0.29, 0.717) is 23.1 Å². The van der Waals surface area contributed by atoms with E-state index >= 15 is 0 Å². The Bertz CT molecular complexity index is 249. The van der Waals surface area contributed by atoms with E-state index in [1.54, 1.807) is 0 Å². The number of hydrogen-bond acceptors (Lipinski definition) is 2. The number of cyclic esters (lactones) is 1. The number of rotatable bonds is 4. The van der Waals surface area contributed by atoms with Crippen LogP contribution < -0.4 is 0 Å². The molecule has 14 heavy (non-hydrogen) atoms. The second-order valence-electron chi connectivity index (χ2n) is 3.37. The molecular formula is C10H14Cl2O2. The van der Waals surface area contributed by atoms with E-state index < -0.39 is 0 Å². The Morgan fingerprint density at radius 1 is 1.64 bits per heavy atom. The molecule has 1 unspecified atom stereocenters. The molecule has 0 aliphatic carbocycles. The predicted octanol–water partition coefficient (Wildman–Crippen LogP) is 3.08. The summed E-state index contributed by atoms with van der Waals surface area (Å²) < 4.78 is 4.90. The highest BCUT2D eigenvalue weighted by Gasteiger charge is 2.32. The maximum absolute atomic E-state index is 11.3. The molecule has 0 aromatic heterocycles. The van der Waals surface area contributed by atoms with Gasteiger partial charge in [-0.2, -0.15) is 0 Å². The molecule has 1 rings (SSSR count). The average molecular weight is 237 g/mol. The Morgan fingerprint density at radius 2 is 2.36 bits per heavy atom. The third-order valence-corrected chi connectivity index (χ3v) is 3.04. The molecule has 0 saturated carbocycles. The van der Waals surface area contributed by atoms with Gasteiger partial charge in [-0.25, -0.2) is 4.79 Å². The van der Waals surface area contributed by atoms with Crippen LogP contribution in [0.4, 0.5) is 0 Å². The summed E-state index contributed by atoms with van der Waals surface area (Å²) in [5, 5.41) is 0.625. The van der Waals surface area contributed by atoms with Crippen LogP contribution in [0, 0.1) is 5.92 Å². The van der Waals surface area contributed by atoms with Crippen molar-refractivity contribution in [3.8, 4) is 0 Å². The number of alkyl halides is 1. The minimum atomic E-state index is -0.295. The fraction of sp³-hybridized carbons (Fsp3) is 0.700. The van der Waals surface area contributed by atoms with E-state index in [2.05, 4.69) is 6.92 Å². The summed E-state index contributed by atoms with van der Waals surface area (Å²) in [5.74, 6) is 0.0777. The van der Waals surface area contributed by atoms with E-state index in [1.807, 2.05) is 0 Å². The third kappa shape index (κ3) is 2.64. The highest BCUT2D eigenvalue weighted by molar-refractivity contribution is 6.32. The molecule has 0 bridgehead atoms. The van der Waals surface area contributed by atoms with Gasteiger partial charge >= 0.3 is 5.97 Å². The van der Waals surface area contributed by atoms with Crippen LogP contribution in [0.1, 0.15) is 26.2 Å². The van der Waals surface area contributed by atoms with Crippen LogP contribution in [0.25, 0.3) is 0 Å². The van der Waals surface area contributed by atoms with Gasteiger partial charge in [0.25, 0.3) is 0 Å². The van der Waals surface area contributed by atoms with Gasteiger partial charge in [0, 0.05) is 16.8 Å². The fourth-order valence-electron chi connectivity index (χ4n) is 1.42. The van der Waals surface area contributed by atoms with E-state index in [0.717, 1.165) is 19.3 Å². The quantitative estimate of drug-likeness (QED) is 0.426. The van der Waals surface area contributed by atoms with Crippen molar-refractivity contribution in [3.63, 3.8) is 0 Å². The van der Waals surface area contributed by atoms with Crippen molar-refractivity contribution in [2.45, 2.75) is 26.2 Å². The minimum absolute atomic E-state index is 0.0199. The van der Waals surface area contributed by atoms with Gasteiger partial charge in [0.2, 0.25) is 0 Å². The molecule has 1 aliphatic heterocycles. The smallest absolute Gasteiger partial charge is 0.335 e. The molecule has 0 radical (unpaired) electrons. The molecule has 4 heteroatoms. The molecule has 2 nitrogen and oxygen atoms in total. The zero-order chi connectivity index (χ0) is 10.6. The van der Waals surface area contributed by atoms with Crippen molar-refractivity contribution in [2.75, 3.05) is 12.5 Å². The van der Waals surface area contributed by atoms with Crippen LogP contribution in [0.15, 0.2) is 10.6 Å². The molecule has 1 fully saturated rings. The van der Waals surface area contributed by atoms with E-state index in [9.17, 15) is 4.79 Å². The van der Waals surface area contributed by atoms with E-state index in [-0.39, 0.29) is 11.9 Å². The van der Waals surface area contributed by atoms with Gasteiger partial charge in [-0.1, -0.05) is 24.9 Å². The second kappa shape index (κ2) is 5.62. The second-order valence-corrected chi connectivity index (χ2v) is 4.14. The maximum Gasteiger partial charge on any atom is 0.335 e. The summed E-state index contributed by atoms with van der Waals surface area (Å²) >= 11 is 11.8. The van der Waals surface area contributed by atoms with Gasteiger partial charge in [0.05, 0.1) is 12.2 Å². The van der Waals surface area contributed by atoms with Gasteiger partial charge in [-0.3, -0.25) is 0 Å². The Hall–Kier alpha value is -0.210. The van der Waals surface area contributed by atoms with Gasteiger partial charge in [-0.05, 0) is 12.8 Å². The van der Waals surface area contributed by atoms with Crippen molar-refractivity contribution in [1.29, 1.82) is 0 Å². The summed E-state index contributed by atoms with van der Waals surface area (Å²) in [6.07, 6.45) is 2.80. The zero-order valence-electron chi connectivity index (χ0n) is 8.19. The molecule has 1 aliphatic rings. The fourth-order valence-corrected chi connectivity index (χ4v) is 2.03. The lowest BCUT2D eigenvalue weighted by molar-refractivity contribution is -0.135. The summed E-state index contributed by atoms with van der Waals surface area (Å²) in [5.41, 5.74) is 0.593. The summed E-state index contributed by atoms with van der Waals surface area (Å²) in [6, 6.07) is 0. The van der Waals surface area contributed by atoms with Crippen LogP contribution in [0.5, 0.6) is 0 Å². The minimum Gasteiger partial charge on any atom is -0.462 e. The number of carbonyl (C=O) groups is 1. The lowest BCUT2D eigenvalue weighted by Gasteiger charge is -2.05. The summed E-state index contributed by atoms with van der Waals surface area (Å²) in [7, 11) is 0. The van der Waals surface area contributed by atoms with Crippen molar-refractivity contribution in [3.05, 3.63) is 10.6 Å². The van der Waals surface area contributed by atoms with Crippen LogP contribution in [-0.4, -0.2) is 18.5 Å². The number of halogens is 2. The summed E-state index contributed by atoms with van der Waals surface area (Å²) in [4.78, 5) is 11.3. The number of unbranched alkanes of at least 4 members (excludes halogenated alkanes) is 1. The maximum atomic E-state index is 11.3. The Balaban J connectivity index is 2.74. The van der Waals surface area contributed by atoms with Crippen LogP contribution in [0.3, 0.4) is 0 Å². The zero-order valence-corrected chi connectivity index (χ0v) is 9.70. The first-order chi connectivity index (χ1) is 6.70. The first-order valence-electron chi connectivity index (χ1n) is 4.82. The standard InChI is InChI=1S/C10H14Cl2O2/c1-2-3-4-8(12)9-7(5-11)6-14-10(9)13/h7H,2-6H2,1H3/b9-8+. The van der Waals surface area contributed by atoms with Crippen molar-refractivity contribution >= 4 is 29.2 Å². The number of allylic oxidation sites excluding steroid dienone is 1. The molecule has 0 aromatic rings. The first-order valence-corrected chi connectivity index (χ1v) is 5.73. The highest BCUT2D eigenvalue weighted by Crippen LogP contribution is 2.29. The molecule has 0 amide bonds. The first kappa shape index (κ1) is 11.9. The van der Waals surface area contributed by atoms with Gasteiger partial charge in [0.15, 0.2) is 0 Å². The normalized spacial score (nSPS) is 25.1. The highest BCUT2D eigenvalue weighted by atomic mass is 35.5. The van der Waals surface area contributed by atoms with Gasteiger partial charge in [0.1, 0.15) is 0 Å². The van der Waals surface area contributed by atoms with Crippen molar-refractivity contribution in [2.24, 2.45) is 5.92 Å². The number of hydrogen-bond donors (Lipinski definition) is 0. The Labute approximate surface area is 94.2 Å². The van der Waals surface area contributed by atoms with Crippen molar-refractivity contribution < 1.29 is 9.53 Å². The van der Waals surface area contributed by atoms with Gasteiger partial charge in [-0.15, -0.1) is 11.6 Å². The van der Waals surface area contributed by atoms with Crippen LogP contribution >= 0.6 is 23.2 Å². The molecule has 1 atom stereocenters. The number of carbonyl (C=O) groups excluding carboxylic acids is 1. The SMILES string of the molecule is CCCC/C(Cl)=C1\C(=O)OCC1CCl. The lowest BCUT2D eigenvalue weighted by atomic mass is 10.0. The topological polar surface area (TPSA) is 26.3 Å². The molecule has 80 valence electrons. The van der Waals surface area contributed by atoms with Crippen LogP contribution in [-0.2, 0) is 9.53 Å². The number of esters is 1. The summed E-state index contributed by atoms with van der Waals surface area (Å²) in [6.45, 7) is 2.46. The molecule has 0 spiro atoms. The number of ether oxygens (including phenoxy) is 1. The monoisotopic (exact) mass is 236 g/mol. The molecule has 0 N–H and O–H groups in total. The molecule has 1 heterocycles. The third-order valence-electron chi connectivity index (χ3n) is 2.27. The Morgan fingerprint density at radius 3 is 2.93 bits per heavy atom. The molecule has 1 saturated heterocycles. The van der Waals surface area contributed by atoms with Crippen LogP contribution in [0.2, 0.25) is 0 Å². The average Bonchev–Trinajstić information content (AvgIpc) is 2.56. The molecular weight excluding hydrogens is 223 g/mol. The molecule has 0 aromatic carbocycles. The van der Waals surface area contributed by atoms with Gasteiger partial charge < -0.3 is 4.74 Å².